The van der Waals surface area contributed by atoms with Crippen LogP contribution in [-0.2, 0) is 10.5 Å². The first-order chi connectivity index (χ1) is 4.79. The molecule has 0 atom stereocenters. The van der Waals surface area contributed by atoms with Crippen LogP contribution in [0.1, 0.15) is 11.9 Å². The van der Waals surface area contributed by atoms with Crippen LogP contribution in [0, 0.1) is 0 Å². The van der Waals surface area contributed by atoms with Gasteiger partial charge in [-0.05, 0) is 0 Å². The molecule has 1 rings (SSSR count). The Morgan fingerprint density at radius 2 is 2.70 bits per heavy atom. The minimum Gasteiger partial charge on any atom is -0.288 e. The highest BCUT2D eigenvalue weighted by atomic mass is 32.2. The molecule has 10 heavy (non-hydrogen) atoms. The third kappa shape index (κ3) is 2.49. The molecule has 0 amide bonds. The highest BCUT2D eigenvalue weighted by molar-refractivity contribution is 8.12. The second-order valence-electron chi connectivity index (χ2n) is 1.71. The lowest BCUT2D eigenvalue weighted by atomic mass is 10.8. The van der Waals surface area contributed by atoms with Crippen LogP contribution in [0.25, 0.3) is 0 Å². The minimum atomic E-state index is 0.148. The molecule has 0 saturated heterocycles. The van der Waals surface area contributed by atoms with Gasteiger partial charge in [-0.15, -0.1) is 11.3 Å². The Bertz CT molecular complexity index is 208. The summed E-state index contributed by atoms with van der Waals surface area (Å²) in [6.45, 7) is 1.57. The number of nitrogens with zero attached hydrogens (tertiary/aromatic N) is 1. The van der Waals surface area contributed by atoms with E-state index >= 15 is 0 Å². The van der Waals surface area contributed by atoms with Gasteiger partial charge in [0.05, 0.1) is 5.75 Å². The molecule has 1 aromatic rings. The Labute approximate surface area is 67.7 Å². The van der Waals surface area contributed by atoms with Crippen LogP contribution < -0.4 is 0 Å². The van der Waals surface area contributed by atoms with Gasteiger partial charge in [0.15, 0.2) is 5.12 Å². The summed E-state index contributed by atoms with van der Waals surface area (Å²) in [6.07, 6.45) is 1.75. The average molecular weight is 173 g/mol. The topological polar surface area (TPSA) is 30.0 Å². The van der Waals surface area contributed by atoms with Crippen LogP contribution in [0.5, 0.6) is 0 Å². The fraction of sp³-hybridized carbons (Fsp3) is 0.333. The summed E-state index contributed by atoms with van der Waals surface area (Å²) in [5.74, 6) is 0.715. The Balaban J connectivity index is 2.35. The van der Waals surface area contributed by atoms with E-state index in [4.69, 9.17) is 0 Å². The van der Waals surface area contributed by atoms with Gasteiger partial charge >= 0.3 is 0 Å². The fourth-order valence-corrected chi connectivity index (χ4v) is 1.74. The van der Waals surface area contributed by atoms with E-state index in [1.54, 1.807) is 24.5 Å². The van der Waals surface area contributed by atoms with Gasteiger partial charge in [-0.2, -0.15) is 0 Å². The second-order valence-corrected chi connectivity index (χ2v) is 3.84. The first-order valence-electron chi connectivity index (χ1n) is 2.81. The van der Waals surface area contributed by atoms with Crippen LogP contribution in [-0.4, -0.2) is 10.1 Å². The van der Waals surface area contributed by atoms with Gasteiger partial charge in [-0.3, -0.25) is 4.79 Å². The third-order valence-electron chi connectivity index (χ3n) is 0.882. The van der Waals surface area contributed by atoms with E-state index in [9.17, 15) is 4.79 Å². The van der Waals surface area contributed by atoms with E-state index in [0.29, 0.717) is 5.75 Å². The summed E-state index contributed by atoms with van der Waals surface area (Å²) in [5, 5.41) is 3.08. The minimum absolute atomic E-state index is 0.148. The fourth-order valence-electron chi connectivity index (χ4n) is 0.488. The SMILES string of the molecule is CC(=O)SCc1nccs1. The molecule has 0 saturated carbocycles. The quantitative estimate of drug-likeness (QED) is 0.684. The predicted molar refractivity (Wildman–Crippen MR) is 44.1 cm³/mol. The molecule has 0 aromatic carbocycles. The maximum absolute atomic E-state index is 10.5. The summed E-state index contributed by atoms with van der Waals surface area (Å²) < 4.78 is 0. The molecule has 0 fully saturated rings. The maximum atomic E-state index is 10.5. The Kier molecular flexibility index (Phi) is 2.89. The van der Waals surface area contributed by atoms with Crippen molar-refractivity contribution < 1.29 is 4.79 Å². The molecule has 0 unspecified atom stereocenters. The largest absolute Gasteiger partial charge is 0.288 e. The van der Waals surface area contributed by atoms with Crippen molar-refractivity contribution in [2.45, 2.75) is 12.7 Å². The van der Waals surface area contributed by atoms with Crippen molar-refractivity contribution in [1.29, 1.82) is 0 Å². The Morgan fingerprint density at radius 3 is 3.20 bits per heavy atom. The predicted octanol–water partition coefficient (Wildman–Crippen LogP) is 1.92. The van der Waals surface area contributed by atoms with Gasteiger partial charge in [0.25, 0.3) is 0 Å². The molecule has 0 aliphatic carbocycles. The number of thioether (sulfide) groups is 1. The lowest BCUT2D eigenvalue weighted by Crippen LogP contribution is -1.83. The zero-order valence-electron chi connectivity index (χ0n) is 5.53. The highest BCUT2D eigenvalue weighted by Gasteiger charge is 1.97. The van der Waals surface area contributed by atoms with Crippen LogP contribution in [0.2, 0.25) is 0 Å². The maximum Gasteiger partial charge on any atom is 0.186 e. The molecule has 1 heterocycles. The van der Waals surface area contributed by atoms with Gasteiger partial charge in [0, 0.05) is 18.5 Å². The molecule has 54 valence electrons. The molecule has 0 bridgehead atoms. The molecular formula is C6H7NOS2. The first kappa shape index (κ1) is 7.75. The number of hydrogen-bond donors (Lipinski definition) is 0. The summed E-state index contributed by atoms with van der Waals surface area (Å²) in [5.41, 5.74) is 0. The normalized spacial score (nSPS) is 9.70. The molecule has 4 heteroatoms. The molecular weight excluding hydrogens is 166 g/mol. The number of rotatable bonds is 2. The van der Waals surface area contributed by atoms with Crippen molar-refractivity contribution in [2.24, 2.45) is 0 Å². The Hall–Kier alpha value is -0.350. The molecule has 0 N–H and O–H groups in total. The van der Waals surface area contributed by atoms with E-state index in [1.807, 2.05) is 5.38 Å². The number of aromatic nitrogens is 1. The average Bonchev–Trinajstić information content (AvgIpc) is 2.34. The van der Waals surface area contributed by atoms with Crippen molar-refractivity contribution in [1.82, 2.24) is 4.98 Å². The van der Waals surface area contributed by atoms with Gasteiger partial charge in [-0.1, -0.05) is 11.8 Å². The molecule has 0 radical (unpaired) electrons. The van der Waals surface area contributed by atoms with Crippen LogP contribution in [0.3, 0.4) is 0 Å². The summed E-state index contributed by atoms with van der Waals surface area (Å²) in [6, 6.07) is 0. The van der Waals surface area contributed by atoms with Gasteiger partial charge in [0.1, 0.15) is 5.01 Å². The zero-order chi connectivity index (χ0) is 7.40. The van der Waals surface area contributed by atoms with E-state index in [-0.39, 0.29) is 5.12 Å². The molecule has 0 aliphatic rings. The summed E-state index contributed by atoms with van der Waals surface area (Å²) in [7, 11) is 0. The lowest BCUT2D eigenvalue weighted by Gasteiger charge is -1.89. The standard InChI is InChI=1S/C6H7NOS2/c1-5(8)10-4-6-7-2-3-9-6/h2-3H,4H2,1H3. The zero-order valence-corrected chi connectivity index (χ0v) is 7.17. The van der Waals surface area contributed by atoms with Crippen molar-refractivity contribution >= 4 is 28.2 Å². The van der Waals surface area contributed by atoms with Gasteiger partial charge in [0.2, 0.25) is 0 Å². The third-order valence-corrected chi connectivity index (χ3v) is 2.67. The van der Waals surface area contributed by atoms with Crippen LogP contribution in [0.4, 0.5) is 0 Å². The monoisotopic (exact) mass is 173 g/mol. The molecule has 2 nitrogen and oxygen atoms in total. The number of carbonyl (C=O) groups excluding carboxylic acids is 1. The first-order valence-corrected chi connectivity index (χ1v) is 4.67. The van der Waals surface area contributed by atoms with Crippen molar-refractivity contribution in [3.63, 3.8) is 0 Å². The van der Waals surface area contributed by atoms with Crippen molar-refractivity contribution in [2.75, 3.05) is 0 Å². The van der Waals surface area contributed by atoms with Crippen LogP contribution in [0.15, 0.2) is 11.6 Å². The highest BCUT2D eigenvalue weighted by Crippen LogP contribution is 2.14. The summed E-state index contributed by atoms with van der Waals surface area (Å²) >= 11 is 2.88. The number of hydrogen-bond acceptors (Lipinski definition) is 4. The molecule has 1 aromatic heterocycles. The summed E-state index contributed by atoms with van der Waals surface area (Å²) in [4.78, 5) is 14.5. The lowest BCUT2D eigenvalue weighted by molar-refractivity contribution is -0.109. The van der Waals surface area contributed by atoms with Crippen molar-refractivity contribution in [3.05, 3.63) is 16.6 Å². The second kappa shape index (κ2) is 3.73. The van der Waals surface area contributed by atoms with Gasteiger partial charge < -0.3 is 0 Å². The number of thiazole rings is 1. The Morgan fingerprint density at radius 1 is 1.90 bits per heavy atom. The van der Waals surface area contributed by atoms with Gasteiger partial charge in [-0.25, -0.2) is 4.98 Å². The van der Waals surface area contributed by atoms with E-state index < -0.39 is 0 Å². The van der Waals surface area contributed by atoms with Crippen molar-refractivity contribution in [3.8, 4) is 0 Å². The molecule has 0 spiro atoms. The van der Waals surface area contributed by atoms with Crippen LogP contribution >= 0.6 is 23.1 Å². The molecule has 0 aliphatic heterocycles. The smallest absolute Gasteiger partial charge is 0.186 e. The van der Waals surface area contributed by atoms with E-state index in [2.05, 4.69) is 4.98 Å². The number of carbonyl (C=O) groups is 1. The van der Waals surface area contributed by atoms with E-state index in [0.717, 1.165) is 5.01 Å². The van der Waals surface area contributed by atoms with E-state index in [1.165, 1.54) is 11.8 Å².